The topological polar surface area (TPSA) is 52.2 Å². The summed E-state index contributed by atoms with van der Waals surface area (Å²) in [4.78, 5) is 25.2. The molecule has 5 nitrogen and oxygen atoms in total. The van der Waals surface area contributed by atoms with E-state index in [4.69, 9.17) is 0 Å². The van der Waals surface area contributed by atoms with Gasteiger partial charge >= 0.3 is 0 Å². The summed E-state index contributed by atoms with van der Waals surface area (Å²) >= 11 is 0. The third-order valence-electron chi connectivity index (χ3n) is 5.38. The molecule has 132 valence electrons. The Morgan fingerprint density at radius 3 is 2.80 bits per heavy atom. The lowest BCUT2D eigenvalue weighted by atomic mass is 9.99. The van der Waals surface area contributed by atoms with E-state index in [2.05, 4.69) is 27.0 Å². The molecule has 2 aliphatic heterocycles. The van der Waals surface area contributed by atoms with Crippen LogP contribution >= 0.6 is 0 Å². The average Bonchev–Trinajstić information content (AvgIpc) is 3.35. The van der Waals surface area contributed by atoms with Crippen molar-refractivity contribution in [1.82, 2.24) is 19.8 Å². The standard InChI is InChI=1S/C20H26N4O/c25-20(24-13-2-1-8-18(24)19-21-9-10-22-19)17-7-5-6-16(14-17)15-23-11-3-4-12-23/h5-7,9-10,14,18H,1-4,8,11-13,15H2,(H,21,22)/t18-/m1/s1. The molecular formula is C20H26N4O. The molecule has 0 radical (unpaired) electrons. The van der Waals surface area contributed by atoms with Gasteiger partial charge in [0.1, 0.15) is 5.82 Å². The van der Waals surface area contributed by atoms with Gasteiger partial charge in [-0.3, -0.25) is 9.69 Å². The number of amides is 1. The molecule has 0 aliphatic carbocycles. The number of imidazole rings is 1. The molecule has 3 heterocycles. The predicted molar refractivity (Wildman–Crippen MR) is 97.2 cm³/mol. The SMILES string of the molecule is O=C(c1cccc(CN2CCCC2)c1)N1CCCC[C@@H]1c1ncc[nH]1. The van der Waals surface area contributed by atoms with E-state index >= 15 is 0 Å². The number of aromatic nitrogens is 2. The van der Waals surface area contributed by atoms with Crippen molar-refractivity contribution in [2.45, 2.75) is 44.7 Å². The van der Waals surface area contributed by atoms with Gasteiger partial charge in [0.15, 0.2) is 0 Å². The fourth-order valence-electron chi connectivity index (χ4n) is 4.09. The molecule has 2 saturated heterocycles. The van der Waals surface area contributed by atoms with Crippen LogP contribution < -0.4 is 0 Å². The third-order valence-corrected chi connectivity index (χ3v) is 5.38. The van der Waals surface area contributed by atoms with Gasteiger partial charge in [-0.1, -0.05) is 12.1 Å². The highest BCUT2D eigenvalue weighted by molar-refractivity contribution is 5.94. The van der Waals surface area contributed by atoms with E-state index in [1.165, 1.54) is 31.5 Å². The molecule has 5 heteroatoms. The molecule has 0 saturated carbocycles. The first-order valence-corrected chi connectivity index (χ1v) is 9.43. The third kappa shape index (κ3) is 3.61. The van der Waals surface area contributed by atoms with Crippen LogP contribution in [-0.2, 0) is 6.54 Å². The Kier molecular flexibility index (Phi) is 4.83. The van der Waals surface area contributed by atoms with Crippen molar-refractivity contribution >= 4 is 5.91 Å². The highest BCUT2D eigenvalue weighted by atomic mass is 16.2. The van der Waals surface area contributed by atoms with Gasteiger partial charge in [0.25, 0.3) is 5.91 Å². The Hall–Kier alpha value is -2.14. The number of rotatable bonds is 4. The lowest BCUT2D eigenvalue weighted by Gasteiger charge is -2.34. The summed E-state index contributed by atoms with van der Waals surface area (Å²) in [7, 11) is 0. The minimum atomic E-state index is 0.0680. The fourth-order valence-corrected chi connectivity index (χ4v) is 4.09. The number of hydrogen-bond donors (Lipinski definition) is 1. The van der Waals surface area contributed by atoms with Crippen molar-refractivity contribution in [3.8, 4) is 0 Å². The van der Waals surface area contributed by atoms with Crippen molar-refractivity contribution in [3.63, 3.8) is 0 Å². The molecule has 0 bridgehead atoms. The van der Waals surface area contributed by atoms with Gasteiger partial charge in [0.05, 0.1) is 6.04 Å². The number of hydrogen-bond acceptors (Lipinski definition) is 3. The molecule has 2 aromatic rings. The van der Waals surface area contributed by atoms with Crippen molar-refractivity contribution in [2.75, 3.05) is 19.6 Å². The first kappa shape index (κ1) is 16.3. The zero-order chi connectivity index (χ0) is 17.1. The van der Waals surface area contributed by atoms with Crippen LogP contribution in [0.2, 0.25) is 0 Å². The van der Waals surface area contributed by atoms with Crippen molar-refractivity contribution in [2.24, 2.45) is 0 Å². The minimum Gasteiger partial charge on any atom is -0.347 e. The van der Waals surface area contributed by atoms with Gasteiger partial charge in [-0.05, 0) is 62.9 Å². The lowest BCUT2D eigenvalue weighted by molar-refractivity contribution is 0.0601. The molecule has 1 amide bonds. The van der Waals surface area contributed by atoms with Gasteiger partial charge in [-0.2, -0.15) is 0 Å². The number of benzene rings is 1. The van der Waals surface area contributed by atoms with Crippen LogP contribution in [0.25, 0.3) is 0 Å². The van der Waals surface area contributed by atoms with Gasteiger partial charge < -0.3 is 9.88 Å². The predicted octanol–water partition coefficient (Wildman–Crippen LogP) is 3.37. The summed E-state index contributed by atoms with van der Waals surface area (Å²) in [5.74, 6) is 1.03. The Labute approximate surface area is 149 Å². The second-order valence-electron chi connectivity index (χ2n) is 7.17. The van der Waals surface area contributed by atoms with Gasteiger partial charge in [0.2, 0.25) is 0 Å². The summed E-state index contributed by atoms with van der Waals surface area (Å²) in [6.45, 7) is 4.10. The molecule has 25 heavy (non-hydrogen) atoms. The van der Waals surface area contributed by atoms with Crippen molar-refractivity contribution < 1.29 is 4.79 Å². The molecule has 2 fully saturated rings. The lowest BCUT2D eigenvalue weighted by Crippen LogP contribution is -2.39. The maximum atomic E-state index is 13.2. The number of piperidine rings is 1. The van der Waals surface area contributed by atoms with Gasteiger partial charge in [0, 0.05) is 31.0 Å². The number of nitrogens with one attached hydrogen (secondary N) is 1. The molecule has 1 aromatic heterocycles. The molecular weight excluding hydrogens is 312 g/mol. The number of H-pyrrole nitrogens is 1. The molecule has 1 aromatic carbocycles. The van der Waals surface area contributed by atoms with E-state index in [1.54, 1.807) is 6.20 Å². The van der Waals surface area contributed by atoms with E-state index in [0.29, 0.717) is 0 Å². The molecule has 4 rings (SSSR count). The molecule has 1 N–H and O–H groups in total. The first-order chi connectivity index (χ1) is 12.3. The van der Waals surface area contributed by atoms with Crippen LogP contribution in [0.3, 0.4) is 0 Å². The van der Waals surface area contributed by atoms with E-state index < -0.39 is 0 Å². The maximum Gasteiger partial charge on any atom is 0.254 e. The first-order valence-electron chi connectivity index (χ1n) is 9.43. The van der Waals surface area contributed by atoms with Crippen LogP contribution in [0.4, 0.5) is 0 Å². The Morgan fingerprint density at radius 2 is 2.00 bits per heavy atom. The van der Waals surface area contributed by atoms with Gasteiger partial charge in [-0.25, -0.2) is 4.98 Å². The zero-order valence-corrected chi connectivity index (χ0v) is 14.7. The quantitative estimate of drug-likeness (QED) is 0.930. The Bertz CT molecular complexity index is 706. The number of carbonyl (C=O) groups excluding carboxylic acids is 1. The molecule has 1 atom stereocenters. The van der Waals surface area contributed by atoms with Crippen LogP contribution in [0, 0.1) is 0 Å². The Balaban J connectivity index is 1.52. The van der Waals surface area contributed by atoms with Crippen LogP contribution in [0.5, 0.6) is 0 Å². The van der Waals surface area contributed by atoms with E-state index in [-0.39, 0.29) is 11.9 Å². The normalized spacial score (nSPS) is 21.6. The monoisotopic (exact) mass is 338 g/mol. The summed E-state index contributed by atoms with van der Waals surface area (Å²) < 4.78 is 0. The van der Waals surface area contributed by atoms with Crippen molar-refractivity contribution in [3.05, 3.63) is 53.6 Å². The highest BCUT2D eigenvalue weighted by Gasteiger charge is 2.30. The van der Waals surface area contributed by atoms with E-state index in [1.807, 2.05) is 23.2 Å². The Morgan fingerprint density at radius 1 is 1.16 bits per heavy atom. The highest BCUT2D eigenvalue weighted by Crippen LogP contribution is 2.30. The summed E-state index contributed by atoms with van der Waals surface area (Å²) in [5.41, 5.74) is 2.04. The number of likely N-dealkylation sites (tertiary alicyclic amines) is 2. The van der Waals surface area contributed by atoms with Crippen molar-refractivity contribution in [1.29, 1.82) is 0 Å². The molecule has 0 spiro atoms. The number of nitrogens with zero attached hydrogens (tertiary/aromatic N) is 3. The number of aromatic amines is 1. The van der Waals surface area contributed by atoms with Crippen LogP contribution in [0.1, 0.15) is 59.9 Å². The average molecular weight is 338 g/mol. The number of carbonyl (C=O) groups is 1. The van der Waals surface area contributed by atoms with Crippen LogP contribution in [0.15, 0.2) is 36.7 Å². The van der Waals surface area contributed by atoms with Gasteiger partial charge in [-0.15, -0.1) is 0 Å². The van der Waals surface area contributed by atoms with Crippen LogP contribution in [-0.4, -0.2) is 45.3 Å². The summed E-state index contributed by atoms with van der Waals surface area (Å²) in [5, 5.41) is 0. The molecule has 2 aliphatic rings. The largest absolute Gasteiger partial charge is 0.347 e. The molecule has 0 unspecified atom stereocenters. The fraction of sp³-hybridized carbons (Fsp3) is 0.500. The van der Waals surface area contributed by atoms with E-state index in [0.717, 1.165) is 43.7 Å². The van der Waals surface area contributed by atoms with E-state index in [9.17, 15) is 4.79 Å². The summed E-state index contributed by atoms with van der Waals surface area (Å²) in [6, 6.07) is 8.25. The second-order valence-corrected chi connectivity index (χ2v) is 7.17. The maximum absolute atomic E-state index is 13.2. The second kappa shape index (κ2) is 7.40. The summed E-state index contributed by atoms with van der Waals surface area (Å²) in [6.07, 6.45) is 9.37. The smallest absolute Gasteiger partial charge is 0.254 e. The minimum absolute atomic E-state index is 0.0680. The zero-order valence-electron chi connectivity index (χ0n) is 14.7.